The van der Waals surface area contributed by atoms with Crippen molar-refractivity contribution in [1.29, 1.82) is 0 Å². The lowest BCUT2D eigenvalue weighted by Crippen LogP contribution is -2.46. The molecule has 2 rings (SSSR count). The van der Waals surface area contributed by atoms with E-state index < -0.39 is 0 Å². The average molecular weight is 197 g/mol. The second-order valence-corrected chi connectivity index (χ2v) is 4.35. The minimum Gasteiger partial charge on any atom is -0.369 e. The van der Waals surface area contributed by atoms with Gasteiger partial charge in [-0.2, -0.15) is 0 Å². The van der Waals surface area contributed by atoms with Gasteiger partial charge in [-0.25, -0.2) is 0 Å². The largest absolute Gasteiger partial charge is 0.369 e. The van der Waals surface area contributed by atoms with Gasteiger partial charge >= 0.3 is 0 Å². The summed E-state index contributed by atoms with van der Waals surface area (Å²) in [6, 6.07) is 1.14. The van der Waals surface area contributed by atoms with E-state index in [-0.39, 0.29) is 5.91 Å². The Morgan fingerprint density at radius 2 is 2.29 bits per heavy atom. The zero-order valence-electron chi connectivity index (χ0n) is 8.54. The van der Waals surface area contributed by atoms with Gasteiger partial charge in [0.2, 0.25) is 5.91 Å². The monoisotopic (exact) mass is 197 g/mol. The van der Waals surface area contributed by atoms with Crippen LogP contribution in [-0.4, -0.2) is 42.5 Å². The first-order valence-electron chi connectivity index (χ1n) is 5.53. The Morgan fingerprint density at radius 3 is 2.93 bits per heavy atom. The van der Waals surface area contributed by atoms with Crippen LogP contribution in [0.25, 0.3) is 0 Å². The quantitative estimate of drug-likeness (QED) is 0.652. The Morgan fingerprint density at radius 1 is 1.43 bits per heavy atom. The average Bonchev–Trinajstić information content (AvgIpc) is 2.70. The number of nitrogens with two attached hydrogens (primary N) is 1. The van der Waals surface area contributed by atoms with E-state index in [0.717, 1.165) is 13.1 Å². The molecule has 2 aliphatic rings. The number of rotatable bonds is 3. The standard InChI is InChI=1S/C10H19N3O/c11-10(14)7-13-6-2-4-9(13)8-3-1-5-12-8/h8-9,12H,1-7H2,(H2,11,14). The number of carbonyl (C=O) groups excluding carboxylic acids is 1. The van der Waals surface area contributed by atoms with Crippen LogP contribution in [0.5, 0.6) is 0 Å². The fourth-order valence-electron chi connectivity index (χ4n) is 2.74. The highest BCUT2D eigenvalue weighted by Gasteiger charge is 2.33. The predicted molar refractivity (Wildman–Crippen MR) is 54.8 cm³/mol. The van der Waals surface area contributed by atoms with Gasteiger partial charge in [0, 0.05) is 12.1 Å². The lowest BCUT2D eigenvalue weighted by atomic mass is 10.0. The van der Waals surface area contributed by atoms with Crippen LogP contribution in [0.1, 0.15) is 25.7 Å². The molecule has 3 N–H and O–H groups in total. The van der Waals surface area contributed by atoms with Crippen LogP contribution in [0.2, 0.25) is 0 Å². The van der Waals surface area contributed by atoms with Gasteiger partial charge in [0.15, 0.2) is 0 Å². The number of primary amides is 1. The minimum atomic E-state index is -0.199. The molecular formula is C10H19N3O. The van der Waals surface area contributed by atoms with Gasteiger partial charge in [0.1, 0.15) is 0 Å². The molecule has 2 fully saturated rings. The van der Waals surface area contributed by atoms with Crippen molar-refractivity contribution < 1.29 is 4.79 Å². The molecule has 0 bridgehead atoms. The van der Waals surface area contributed by atoms with Gasteiger partial charge in [0.05, 0.1) is 6.54 Å². The number of nitrogens with zero attached hydrogens (tertiary/aromatic N) is 1. The van der Waals surface area contributed by atoms with Gasteiger partial charge < -0.3 is 11.1 Å². The van der Waals surface area contributed by atoms with Crippen molar-refractivity contribution >= 4 is 5.91 Å². The first kappa shape index (κ1) is 9.93. The maximum Gasteiger partial charge on any atom is 0.231 e. The van der Waals surface area contributed by atoms with Crippen molar-refractivity contribution in [1.82, 2.24) is 10.2 Å². The van der Waals surface area contributed by atoms with Gasteiger partial charge in [-0.1, -0.05) is 0 Å². The second-order valence-electron chi connectivity index (χ2n) is 4.35. The Bertz CT molecular complexity index is 213. The summed E-state index contributed by atoms with van der Waals surface area (Å²) in [5, 5.41) is 3.51. The fourth-order valence-corrected chi connectivity index (χ4v) is 2.74. The molecule has 0 spiro atoms. The van der Waals surface area contributed by atoms with Gasteiger partial charge in [0.25, 0.3) is 0 Å². The van der Waals surface area contributed by atoms with Gasteiger partial charge in [-0.05, 0) is 38.8 Å². The van der Waals surface area contributed by atoms with E-state index in [1.165, 1.54) is 25.7 Å². The van der Waals surface area contributed by atoms with Crippen molar-refractivity contribution in [2.45, 2.75) is 37.8 Å². The highest BCUT2D eigenvalue weighted by atomic mass is 16.1. The molecule has 2 unspecified atom stereocenters. The van der Waals surface area contributed by atoms with E-state index >= 15 is 0 Å². The number of amides is 1. The number of hydrogen-bond acceptors (Lipinski definition) is 3. The van der Waals surface area contributed by atoms with E-state index in [2.05, 4.69) is 10.2 Å². The van der Waals surface area contributed by atoms with E-state index in [4.69, 9.17) is 5.73 Å². The molecule has 0 aromatic rings. The van der Waals surface area contributed by atoms with E-state index in [1.54, 1.807) is 0 Å². The molecule has 4 heteroatoms. The Hall–Kier alpha value is -0.610. The molecule has 4 nitrogen and oxygen atoms in total. The van der Waals surface area contributed by atoms with Gasteiger partial charge in [-0.15, -0.1) is 0 Å². The maximum absolute atomic E-state index is 10.9. The predicted octanol–water partition coefficient (Wildman–Crippen LogP) is -0.312. The normalized spacial score (nSPS) is 33.7. The number of hydrogen-bond donors (Lipinski definition) is 2. The van der Waals surface area contributed by atoms with E-state index in [0.29, 0.717) is 18.6 Å². The van der Waals surface area contributed by atoms with E-state index in [9.17, 15) is 4.79 Å². The summed E-state index contributed by atoms with van der Waals surface area (Å²) in [5.41, 5.74) is 5.23. The second kappa shape index (κ2) is 4.28. The molecule has 0 aliphatic carbocycles. The Balaban J connectivity index is 1.92. The Labute approximate surface area is 84.8 Å². The van der Waals surface area contributed by atoms with Crippen LogP contribution < -0.4 is 11.1 Å². The summed E-state index contributed by atoms with van der Waals surface area (Å²) in [5.74, 6) is -0.199. The third-order valence-electron chi connectivity index (χ3n) is 3.34. The minimum absolute atomic E-state index is 0.199. The lowest BCUT2D eigenvalue weighted by molar-refractivity contribution is -0.119. The molecule has 1 amide bonds. The maximum atomic E-state index is 10.9. The molecule has 0 radical (unpaired) electrons. The van der Waals surface area contributed by atoms with Crippen molar-refractivity contribution in [2.24, 2.45) is 5.73 Å². The van der Waals surface area contributed by atoms with Crippen LogP contribution in [0.15, 0.2) is 0 Å². The molecule has 0 saturated carbocycles. The zero-order chi connectivity index (χ0) is 9.97. The first-order chi connectivity index (χ1) is 6.77. The molecule has 14 heavy (non-hydrogen) atoms. The molecule has 0 aromatic carbocycles. The SMILES string of the molecule is NC(=O)CN1CCCC1C1CCCN1. The summed E-state index contributed by atoms with van der Waals surface area (Å²) in [6.45, 7) is 2.60. The topological polar surface area (TPSA) is 58.4 Å². The first-order valence-corrected chi connectivity index (χ1v) is 5.53. The molecule has 2 heterocycles. The highest BCUT2D eigenvalue weighted by molar-refractivity contribution is 5.76. The van der Waals surface area contributed by atoms with Crippen LogP contribution in [0.3, 0.4) is 0 Å². The number of nitrogens with one attached hydrogen (secondary N) is 1. The molecule has 2 saturated heterocycles. The summed E-state index contributed by atoms with van der Waals surface area (Å²) >= 11 is 0. The summed E-state index contributed by atoms with van der Waals surface area (Å²) in [7, 11) is 0. The highest BCUT2D eigenvalue weighted by Crippen LogP contribution is 2.24. The van der Waals surface area contributed by atoms with Crippen LogP contribution in [-0.2, 0) is 4.79 Å². The molecule has 2 atom stereocenters. The summed E-state index contributed by atoms with van der Waals surface area (Å²) in [6.07, 6.45) is 4.94. The van der Waals surface area contributed by atoms with Crippen LogP contribution in [0, 0.1) is 0 Å². The van der Waals surface area contributed by atoms with Crippen LogP contribution in [0.4, 0.5) is 0 Å². The summed E-state index contributed by atoms with van der Waals surface area (Å²) < 4.78 is 0. The van der Waals surface area contributed by atoms with Crippen molar-refractivity contribution in [3.05, 3.63) is 0 Å². The molecular weight excluding hydrogens is 178 g/mol. The van der Waals surface area contributed by atoms with Crippen LogP contribution >= 0.6 is 0 Å². The number of likely N-dealkylation sites (tertiary alicyclic amines) is 1. The summed E-state index contributed by atoms with van der Waals surface area (Å²) in [4.78, 5) is 13.1. The van der Waals surface area contributed by atoms with Crippen molar-refractivity contribution in [3.63, 3.8) is 0 Å². The molecule has 2 aliphatic heterocycles. The lowest BCUT2D eigenvalue weighted by Gasteiger charge is -2.28. The molecule has 80 valence electrons. The molecule has 0 aromatic heterocycles. The number of carbonyl (C=O) groups is 1. The smallest absolute Gasteiger partial charge is 0.231 e. The zero-order valence-corrected chi connectivity index (χ0v) is 8.54. The third-order valence-corrected chi connectivity index (χ3v) is 3.34. The Kier molecular flexibility index (Phi) is 3.03. The van der Waals surface area contributed by atoms with E-state index in [1.807, 2.05) is 0 Å². The van der Waals surface area contributed by atoms with Gasteiger partial charge in [-0.3, -0.25) is 9.69 Å². The van der Waals surface area contributed by atoms with Crippen molar-refractivity contribution in [2.75, 3.05) is 19.6 Å². The van der Waals surface area contributed by atoms with Crippen molar-refractivity contribution in [3.8, 4) is 0 Å². The third kappa shape index (κ3) is 2.07. The fraction of sp³-hybridized carbons (Fsp3) is 0.900.